The van der Waals surface area contributed by atoms with Gasteiger partial charge in [0, 0.05) is 26.2 Å². The van der Waals surface area contributed by atoms with Gasteiger partial charge in [-0.3, -0.25) is 4.79 Å². The second kappa shape index (κ2) is 9.55. The number of aliphatic imine (C=N–C) groups is 1. The van der Waals surface area contributed by atoms with Crippen molar-refractivity contribution in [3.8, 4) is 0 Å². The molecule has 1 amide bonds. The number of halogens is 1. The molecule has 6 nitrogen and oxygen atoms in total. The monoisotopic (exact) mass is 472 g/mol. The first-order chi connectivity index (χ1) is 12.1. The van der Waals surface area contributed by atoms with Crippen LogP contribution in [0, 0.1) is 0 Å². The number of hydrogen-bond donors (Lipinski definition) is 2. The molecule has 0 spiro atoms. The van der Waals surface area contributed by atoms with Crippen LogP contribution < -0.4 is 10.6 Å². The molecule has 0 aromatic heterocycles. The normalized spacial score (nSPS) is 24.1. The fraction of sp³-hybridized carbons (Fsp3) is 0.579. The van der Waals surface area contributed by atoms with Gasteiger partial charge >= 0.3 is 0 Å². The summed E-state index contributed by atoms with van der Waals surface area (Å²) in [5, 5.41) is 6.82. The number of hydrogen-bond acceptors (Lipinski definition) is 3. The van der Waals surface area contributed by atoms with Crippen LogP contribution in [0.1, 0.15) is 42.1 Å². The predicted octanol–water partition coefficient (Wildman–Crippen LogP) is 2.38. The Labute approximate surface area is 172 Å². The third-order valence-corrected chi connectivity index (χ3v) is 4.80. The topological polar surface area (TPSA) is 66.0 Å². The lowest BCUT2D eigenvalue weighted by atomic mass is 9.96. The standard InChI is InChI=1S/C19H28N4O2.HI/c1-4-20-19(22-16-11-15-9-10-17(16)25-15)21-12-13-5-7-14(8-6-13)18(24)23(2)3;/h5-8,15-17H,4,9-12H2,1-3H3,(H2,20,21,22);1H. The van der Waals surface area contributed by atoms with Crippen molar-refractivity contribution in [2.45, 2.75) is 51.0 Å². The molecule has 0 radical (unpaired) electrons. The lowest BCUT2D eigenvalue weighted by Gasteiger charge is -2.22. The maximum absolute atomic E-state index is 11.9. The Morgan fingerprint density at radius 2 is 2.00 bits per heavy atom. The summed E-state index contributed by atoms with van der Waals surface area (Å²) in [6.07, 6.45) is 4.14. The van der Waals surface area contributed by atoms with E-state index in [1.54, 1.807) is 19.0 Å². The summed E-state index contributed by atoms with van der Waals surface area (Å²) in [7, 11) is 3.52. The Morgan fingerprint density at radius 1 is 1.27 bits per heavy atom. The first-order valence-electron chi connectivity index (χ1n) is 9.07. The molecule has 2 aliphatic rings. The first-order valence-corrected chi connectivity index (χ1v) is 9.07. The Morgan fingerprint density at radius 3 is 2.54 bits per heavy atom. The summed E-state index contributed by atoms with van der Waals surface area (Å²) in [6, 6.07) is 8.00. The summed E-state index contributed by atoms with van der Waals surface area (Å²) < 4.78 is 5.90. The van der Waals surface area contributed by atoms with Crippen LogP contribution in [0.3, 0.4) is 0 Å². The van der Waals surface area contributed by atoms with E-state index in [0.29, 0.717) is 30.4 Å². The van der Waals surface area contributed by atoms with Crippen molar-refractivity contribution in [2.24, 2.45) is 4.99 Å². The Balaban J connectivity index is 0.00000243. The van der Waals surface area contributed by atoms with Crippen molar-refractivity contribution in [3.63, 3.8) is 0 Å². The highest BCUT2D eigenvalue weighted by molar-refractivity contribution is 14.0. The van der Waals surface area contributed by atoms with Gasteiger partial charge in [0.25, 0.3) is 5.91 Å². The molecule has 3 rings (SSSR count). The van der Waals surface area contributed by atoms with Gasteiger partial charge in [0.2, 0.25) is 0 Å². The number of carbonyl (C=O) groups excluding carboxylic acids is 1. The van der Waals surface area contributed by atoms with Crippen molar-refractivity contribution in [3.05, 3.63) is 35.4 Å². The number of ether oxygens (including phenoxy) is 1. The van der Waals surface area contributed by atoms with Gasteiger partial charge in [-0.25, -0.2) is 4.99 Å². The second-order valence-electron chi connectivity index (χ2n) is 6.95. The maximum atomic E-state index is 11.9. The van der Waals surface area contributed by atoms with Crippen molar-refractivity contribution in [2.75, 3.05) is 20.6 Å². The van der Waals surface area contributed by atoms with Crippen LogP contribution in [0.15, 0.2) is 29.3 Å². The van der Waals surface area contributed by atoms with Crippen LogP contribution in [0.25, 0.3) is 0 Å². The van der Waals surface area contributed by atoms with Crippen LogP contribution in [0.4, 0.5) is 0 Å². The zero-order chi connectivity index (χ0) is 17.8. The van der Waals surface area contributed by atoms with Gasteiger partial charge in [-0.2, -0.15) is 0 Å². The summed E-state index contributed by atoms with van der Waals surface area (Å²) in [4.78, 5) is 18.2. The van der Waals surface area contributed by atoms with E-state index in [1.165, 1.54) is 6.42 Å². The van der Waals surface area contributed by atoms with E-state index in [1.807, 2.05) is 24.3 Å². The zero-order valence-corrected chi connectivity index (χ0v) is 18.0. The molecule has 2 heterocycles. The quantitative estimate of drug-likeness (QED) is 0.393. The summed E-state index contributed by atoms with van der Waals surface area (Å²) >= 11 is 0. The highest BCUT2D eigenvalue weighted by Gasteiger charge is 2.41. The Bertz CT molecular complexity index is 633. The average Bonchev–Trinajstić information content (AvgIpc) is 3.22. The number of nitrogens with zero attached hydrogens (tertiary/aromatic N) is 2. The van der Waals surface area contributed by atoms with Gasteiger partial charge < -0.3 is 20.3 Å². The van der Waals surface area contributed by atoms with Gasteiger partial charge in [-0.15, -0.1) is 24.0 Å². The van der Waals surface area contributed by atoms with Crippen molar-refractivity contribution in [1.82, 2.24) is 15.5 Å². The molecule has 3 atom stereocenters. The van der Waals surface area contributed by atoms with Gasteiger partial charge in [0.15, 0.2) is 5.96 Å². The van der Waals surface area contributed by atoms with E-state index in [0.717, 1.165) is 30.9 Å². The molecule has 7 heteroatoms. The third-order valence-electron chi connectivity index (χ3n) is 4.80. The van der Waals surface area contributed by atoms with Gasteiger partial charge in [0.1, 0.15) is 0 Å². The highest BCUT2D eigenvalue weighted by atomic mass is 127. The molecule has 0 aliphatic carbocycles. The van der Waals surface area contributed by atoms with E-state index >= 15 is 0 Å². The summed E-state index contributed by atoms with van der Waals surface area (Å²) in [6.45, 7) is 3.47. The molecule has 1 aromatic rings. The molecule has 3 unspecified atom stereocenters. The molecule has 2 fully saturated rings. The number of carbonyl (C=O) groups is 1. The minimum absolute atomic E-state index is 0. The van der Waals surface area contributed by atoms with E-state index < -0.39 is 0 Å². The van der Waals surface area contributed by atoms with Crippen LogP contribution in [0.5, 0.6) is 0 Å². The van der Waals surface area contributed by atoms with Crippen molar-refractivity contribution in [1.29, 1.82) is 0 Å². The SMILES string of the molecule is CCNC(=NCc1ccc(C(=O)N(C)C)cc1)NC1CC2CCC1O2.I. The van der Waals surface area contributed by atoms with Gasteiger partial charge in [-0.05, 0) is 43.9 Å². The summed E-state index contributed by atoms with van der Waals surface area (Å²) in [5.74, 6) is 0.846. The van der Waals surface area contributed by atoms with Crippen molar-refractivity contribution >= 4 is 35.8 Å². The number of rotatable bonds is 5. The van der Waals surface area contributed by atoms with Crippen molar-refractivity contribution < 1.29 is 9.53 Å². The fourth-order valence-electron chi connectivity index (χ4n) is 3.47. The lowest BCUT2D eigenvalue weighted by molar-refractivity contribution is 0.0827. The number of benzene rings is 1. The van der Waals surface area contributed by atoms with Gasteiger partial charge in [0.05, 0.1) is 24.8 Å². The van der Waals surface area contributed by atoms with E-state index in [2.05, 4.69) is 22.5 Å². The average molecular weight is 472 g/mol. The summed E-state index contributed by atoms with van der Waals surface area (Å²) in [5.41, 5.74) is 1.78. The van der Waals surface area contributed by atoms with E-state index in [-0.39, 0.29) is 29.9 Å². The molecule has 144 valence electrons. The molecule has 2 aliphatic heterocycles. The van der Waals surface area contributed by atoms with Crippen LogP contribution in [0.2, 0.25) is 0 Å². The first kappa shape index (κ1) is 21.0. The molecular formula is C19H29IN4O2. The molecule has 1 aromatic carbocycles. The van der Waals surface area contributed by atoms with Crippen LogP contribution in [-0.2, 0) is 11.3 Å². The minimum Gasteiger partial charge on any atom is -0.373 e. The Kier molecular flexibility index (Phi) is 7.69. The maximum Gasteiger partial charge on any atom is 0.253 e. The smallest absolute Gasteiger partial charge is 0.253 e. The lowest BCUT2D eigenvalue weighted by Crippen LogP contribution is -2.47. The largest absolute Gasteiger partial charge is 0.373 e. The molecule has 2 saturated heterocycles. The second-order valence-corrected chi connectivity index (χ2v) is 6.95. The molecule has 2 bridgehead atoms. The van der Waals surface area contributed by atoms with E-state index in [9.17, 15) is 4.79 Å². The number of amides is 1. The molecule has 2 N–H and O–H groups in total. The molecule has 26 heavy (non-hydrogen) atoms. The fourth-order valence-corrected chi connectivity index (χ4v) is 3.47. The molecular weight excluding hydrogens is 443 g/mol. The number of fused-ring (bicyclic) bond motifs is 2. The van der Waals surface area contributed by atoms with Crippen LogP contribution in [-0.4, -0.2) is 55.7 Å². The van der Waals surface area contributed by atoms with E-state index in [4.69, 9.17) is 4.74 Å². The Hall–Kier alpha value is -1.35. The zero-order valence-electron chi connectivity index (χ0n) is 15.7. The number of guanidine groups is 1. The predicted molar refractivity (Wildman–Crippen MR) is 114 cm³/mol. The third kappa shape index (κ3) is 5.09. The minimum atomic E-state index is 0. The highest BCUT2D eigenvalue weighted by Crippen LogP contribution is 2.34. The number of nitrogens with one attached hydrogen (secondary N) is 2. The molecule has 0 saturated carbocycles. The van der Waals surface area contributed by atoms with Gasteiger partial charge in [-0.1, -0.05) is 12.1 Å². The van der Waals surface area contributed by atoms with Crippen LogP contribution >= 0.6 is 24.0 Å².